The van der Waals surface area contributed by atoms with Crippen LogP contribution in [0.3, 0.4) is 0 Å². The summed E-state index contributed by atoms with van der Waals surface area (Å²) in [4.78, 5) is 19.7. The summed E-state index contributed by atoms with van der Waals surface area (Å²) in [6.45, 7) is 0.618. The predicted octanol–water partition coefficient (Wildman–Crippen LogP) is 5.17. The molecule has 0 saturated carbocycles. The van der Waals surface area contributed by atoms with Gasteiger partial charge in [-0.15, -0.1) is 0 Å². The van der Waals surface area contributed by atoms with Crippen molar-refractivity contribution in [2.75, 3.05) is 24.3 Å². The van der Waals surface area contributed by atoms with Crippen molar-refractivity contribution >= 4 is 17.6 Å². The molecule has 8 heteroatoms. The minimum atomic E-state index is 0.156. The zero-order chi connectivity index (χ0) is 24.0. The number of rotatable bonds is 8. The fraction of sp³-hybridized carbons (Fsp3) is 0.111. The van der Waals surface area contributed by atoms with E-state index >= 15 is 0 Å². The van der Waals surface area contributed by atoms with E-state index in [4.69, 9.17) is 19.9 Å². The molecule has 35 heavy (non-hydrogen) atoms. The Hall–Kier alpha value is -4.72. The van der Waals surface area contributed by atoms with Crippen LogP contribution in [0.5, 0.6) is 5.75 Å². The molecule has 8 nitrogen and oxygen atoms in total. The van der Waals surface area contributed by atoms with Crippen molar-refractivity contribution in [3.63, 3.8) is 0 Å². The van der Waals surface area contributed by atoms with Gasteiger partial charge in [0.25, 0.3) is 0 Å². The summed E-state index contributed by atoms with van der Waals surface area (Å²) in [5.74, 6) is 2.41. The van der Waals surface area contributed by atoms with E-state index < -0.39 is 0 Å². The number of hydrogen-bond acceptors (Lipinski definition) is 8. The van der Waals surface area contributed by atoms with Crippen LogP contribution in [0, 0.1) is 0 Å². The number of hydrogen-bond donors (Lipinski definition) is 1. The van der Waals surface area contributed by atoms with Crippen molar-refractivity contribution in [1.29, 1.82) is 0 Å². The van der Waals surface area contributed by atoms with Crippen molar-refractivity contribution in [2.24, 2.45) is 0 Å². The maximum Gasteiger partial charge on any atom is 0.235 e. The third kappa shape index (κ3) is 4.96. The summed E-state index contributed by atoms with van der Waals surface area (Å²) in [5.41, 5.74) is 9.85. The van der Waals surface area contributed by atoms with Gasteiger partial charge in [0.15, 0.2) is 18.0 Å². The van der Waals surface area contributed by atoms with E-state index in [9.17, 15) is 0 Å². The summed E-state index contributed by atoms with van der Waals surface area (Å²) in [7, 11) is 1.63. The first-order chi connectivity index (χ1) is 17.2. The Morgan fingerprint density at radius 2 is 1.69 bits per heavy atom. The highest BCUT2D eigenvalue weighted by atomic mass is 16.5. The summed E-state index contributed by atoms with van der Waals surface area (Å²) in [6.07, 6.45) is 3.83. The van der Waals surface area contributed by atoms with Gasteiger partial charge in [0.1, 0.15) is 5.75 Å². The molecule has 0 aliphatic rings. The maximum absolute atomic E-state index is 6.13. The third-order valence-electron chi connectivity index (χ3n) is 5.58. The zero-order valence-electron chi connectivity index (χ0n) is 19.2. The molecule has 0 unspecified atom stereocenters. The number of aromatic nitrogens is 4. The molecule has 0 radical (unpaired) electrons. The van der Waals surface area contributed by atoms with E-state index in [0.717, 1.165) is 23.2 Å². The van der Waals surface area contributed by atoms with Gasteiger partial charge in [-0.25, -0.2) is 4.98 Å². The van der Waals surface area contributed by atoms with E-state index in [1.165, 1.54) is 12.0 Å². The number of anilines is 3. The Labute approximate surface area is 203 Å². The van der Waals surface area contributed by atoms with Gasteiger partial charge >= 0.3 is 0 Å². The van der Waals surface area contributed by atoms with Gasteiger partial charge in [0.2, 0.25) is 11.9 Å². The molecule has 174 valence electrons. The first-order valence-corrected chi connectivity index (χ1v) is 11.2. The van der Waals surface area contributed by atoms with Gasteiger partial charge < -0.3 is 19.8 Å². The number of oxazole rings is 1. The van der Waals surface area contributed by atoms with Gasteiger partial charge in [-0.05, 0) is 24.1 Å². The number of methoxy groups -OCH3 is 1. The van der Waals surface area contributed by atoms with E-state index in [2.05, 4.69) is 27.1 Å². The van der Waals surface area contributed by atoms with E-state index in [1.54, 1.807) is 13.3 Å². The smallest absolute Gasteiger partial charge is 0.235 e. The minimum absolute atomic E-state index is 0.156. The van der Waals surface area contributed by atoms with E-state index in [0.29, 0.717) is 29.8 Å². The molecule has 0 bridgehead atoms. The molecular formula is C27H24N6O2. The summed E-state index contributed by atoms with van der Waals surface area (Å²) >= 11 is 0. The number of nitrogens with zero attached hydrogens (tertiary/aromatic N) is 5. The van der Waals surface area contributed by atoms with Gasteiger partial charge in [-0.2, -0.15) is 15.0 Å². The molecule has 0 atom stereocenters. The maximum atomic E-state index is 6.13. The lowest BCUT2D eigenvalue weighted by molar-refractivity contribution is 0.414. The van der Waals surface area contributed by atoms with Crippen LogP contribution in [-0.4, -0.2) is 33.6 Å². The van der Waals surface area contributed by atoms with Crippen LogP contribution in [0.2, 0.25) is 0 Å². The molecule has 2 heterocycles. The fourth-order valence-electron chi connectivity index (χ4n) is 3.85. The Kier molecular flexibility index (Phi) is 6.34. The lowest BCUT2D eigenvalue weighted by Crippen LogP contribution is -2.23. The molecule has 0 saturated heterocycles. The van der Waals surface area contributed by atoms with Gasteiger partial charge in [0, 0.05) is 23.9 Å². The molecule has 0 amide bonds. The Balaban J connectivity index is 1.57. The highest BCUT2D eigenvalue weighted by Crippen LogP contribution is 2.35. The van der Waals surface area contributed by atoms with Crippen LogP contribution < -0.4 is 15.4 Å². The predicted molar refractivity (Wildman–Crippen MR) is 135 cm³/mol. The topological polar surface area (TPSA) is 103 Å². The number of nitrogens with two attached hydrogens (primary N) is 1. The van der Waals surface area contributed by atoms with Crippen molar-refractivity contribution in [3.8, 4) is 28.5 Å². The number of ether oxygens (including phenoxy) is 1. The molecule has 3 aromatic carbocycles. The first-order valence-electron chi connectivity index (χ1n) is 11.2. The molecule has 2 aromatic heterocycles. The SMILES string of the molecule is COc1cc(N(CCc2ccccc2)c2nc(N)nc(-c3ccccc3)n2)ccc1-c1cnco1. The largest absolute Gasteiger partial charge is 0.496 e. The monoisotopic (exact) mass is 464 g/mol. The van der Waals surface area contributed by atoms with Gasteiger partial charge in [-0.3, -0.25) is 0 Å². The number of benzene rings is 3. The molecule has 0 aliphatic carbocycles. The molecule has 2 N–H and O–H groups in total. The second kappa shape index (κ2) is 10.0. The third-order valence-corrected chi connectivity index (χ3v) is 5.58. The van der Waals surface area contributed by atoms with Crippen molar-refractivity contribution in [2.45, 2.75) is 6.42 Å². The zero-order valence-corrected chi connectivity index (χ0v) is 19.2. The molecule has 5 rings (SSSR count). The average molecular weight is 465 g/mol. The van der Waals surface area contributed by atoms with Crippen molar-refractivity contribution in [1.82, 2.24) is 19.9 Å². The summed E-state index contributed by atoms with van der Waals surface area (Å²) in [6, 6.07) is 25.8. The normalized spacial score (nSPS) is 10.8. The highest BCUT2D eigenvalue weighted by molar-refractivity contribution is 5.72. The molecule has 0 aliphatic heterocycles. The van der Waals surface area contributed by atoms with Crippen LogP contribution >= 0.6 is 0 Å². The number of nitrogen functional groups attached to an aromatic ring is 1. The first kappa shape index (κ1) is 22.1. The second-order valence-electron chi connectivity index (χ2n) is 7.82. The average Bonchev–Trinajstić information content (AvgIpc) is 3.44. The van der Waals surface area contributed by atoms with Crippen LogP contribution in [0.15, 0.2) is 95.9 Å². The highest BCUT2D eigenvalue weighted by Gasteiger charge is 2.19. The van der Waals surface area contributed by atoms with E-state index in [1.807, 2.05) is 71.6 Å². The molecule has 5 aromatic rings. The molecule has 0 fully saturated rings. The second-order valence-corrected chi connectivity index (χ2v) is 7.82. The van der Waals surface area contributed by atoms with Crippen molar-refractivity contribution in [3.05, 3.63) is 97.0 Å². The minimum Gasteiger partial charge on any atom is -0.496 e. The lowest BCUT2D eigenvalue weighted by atomic mass is 10.1. The molecular weight excluding hydrogens is 440 g/mol. The van der Waals surface area contributed by atoms with Crippen LogP contribution in [0.4, 0.5) is 17.6 Å². The lowest BCUT2D eigenvalue weighted by Gasteiger charge is -2.24. The van der Waals surface area contributed by atoms with Crippen LogP contribution in [-0.2, 0) is 6.42 Å². The quantitative estimate of drug-likeness (QED) is 0.336. The fourth-order valence-corrected chi connectivity index (χ4v) is 3.85. The van der Waals surface area contributed by atoms with Crippen molar-refractivity contribution < 1.29 is 9.15 Å². The Morgan fingerprint density at radius 1 is 0.914 bits per heavy atom. The van der Waals surface area contributed by atoms with Crippen LogP contribution in [0.25, 0.3) is 22.7 Å². The summed E-state index contributed by atoms with van der Waals surface area (Å²) < 4.78 is 11.2. The van der Waals surface area contributed by atoms with Crippen LogP contribution in [0.1, 0.15) is 5.56 Å². The standard InChI is InChI=1S/C27H24N6O2/c1-34-23-16-21(12-13-22(23)24-17-29-18-35-24)33(15-14-19-8-4-2-5-9-19)27-31-25(30-26(28)32-27)20-10-6-3-7-11-20/h2-13,16-18H,14-15H2,1H3,(H2,28,30,31,32). The van der Waals surface area contributed by atoms with Gasteiger partial charge in [-0.1, -0.05) is 60.7 Å². The Morgan fingerprint density at radius 3 is 2.40 bits per heavy atom. The molecule has 0 spiro atoms. The summed E-state index contributed by atoms with van der Waals surface area (Å²) in [5, 5.41) is 0. The van der Waals surface area contributed by atoms with E-state index in [-0.39, 0.29) is 5.95 Å². The Bertz CT molecular complexity index is 1390. The van der Waals surface area contributed by atoms with Gasteiger partial charge in [0.05, 0.1) is 18.9 Å².